The maximum Gasteiger partial charge on any atom is 0.172 e. The Morgan fingerprint density at radius 3 is 2.92 bits per heavy atom. The molecule has 0 fully saturated rings. The quantitative estimate of drug-likeness (QED) is 0.707. The Morgan fingerprint density at radius 2 is 2.31 bits per heavy atom. The van der Waals surface area contributed by atoms with Crippen molar-refractivity contribution in [2.45, 2.75) is 0 Å². The number of pyridine rings is 1. The molecule has 5 heteroatoms. The van der Waals surface area contributed by atoms with Crippen LogP contribution >= 0.6 is 11.6 Å². The van der Waals surface area contributed by atoms with Crippen LogP contribution in [0.2, 0.25) is 5.15 Å². The average Bonchev–Trinajstić information content (AvgIpc) is 2.53. The lowest BCUT2D eigenvalue weighted by Gasteiger charge is -1.95. The normalized spacial score (nSPS) is 10.2. The number of nitrogens with two attached hydrogens (primary N) is 1. The van der Waals surface area contributed by atoms with Gasteiger partial charge in [0.15, 0.2) is 11.6 Å². The highest BCUT2D eigenvalue weighted by Crippen LogP contribution is 2.26. The second-order valence-corrected chi connectivity index (χ2v) is 2.82. The highest BCUT2D eigenvalue weighted by atomic mass is 35.5. The lowest BCUT2D eigenvalue weighted by molar-refractivity contribution is 0.435. The molecule has 66 valence electrons. The molecule has 0 amide bonds. The average molecular weight is 196 g/mol. The second-order valence-electron chi connectivity index (χ2n) is 2.46. The Balaban J connectivity index is 2.52. The van der Waals surface area contributed by atoms with Crippen molar-refractivity contribution in [2.75, 3.05) is 5.73 Å². The van der Waals surface area contributed by atoms with Crippen molar-refractivity contribution in [2.24, 2.45) is 0 Å². The van der Waals surface area contributed by atoms with Gasteiger partial charge >= 0.3 is 0 Å². The molecule has 2 aromatic heterocycles. The number of hydrogen-bond acceptors (Lipinski definition) is 4. The Morgan fingerprint density at radius 1 is 1.46 bits per heavy atom. The number of halogens is 1. The standard InChI is InChI=1S/C8H6ClN3O/c9-8-5(2-1-3-11-8)6-4-7(10)12-13-6/h1-4H,(H2,10,12). The molecule has 13 heavy (non-hydrogen) atoms. The molecule has 0 aliphatic carbocycles. The summed E-state index contributed by atoms with van der Waals surface area (Å²) in [6.45, 7) is 0. The summed E-state index contributed by atoms with van der Waals surface area (Å²) in [4.78, 5) is 3.90. The minimum Gasteiger partial charge on any atom is -0.381 e. The van der Waals surface area contributed by atoms with Crippen molar-refractivity contribution < 1.29 is 4.52 Å². The van der Waals surface area contributed by atoms with E-state index < -0.39 is 0 Å². The third-order valence-electron chi connectivity index (χ3n) is 1.55. The van der Waals surface area contributed by atoms with Gasteiger partial charge in [0.05, 0.1) is 5.56 Å². The lowest BCUT2D eigenvalue weighted by atomic mass is 10.2. The minimum absolute atomic E-state index is 0.329. The summed E-state index contributed by atoms with van der Waals surface area (Å²) in [6.07, 6.45) is 1.60. The van der Waals surface area contributed by atoms with E-state index in [-0.39, 0.29) is 0 Å². The zero-order valence-corrected chi connectivity index (χ0v) is 7.32. The molecule has 0 atom stereocenters. The fourth-order valence-electron chi connectivity index (χ4n) is 0.986. The van der Waals surface area contributed by atoms with Gasteiger partial charge in [-0.15, -0.1) is 0 Å². The summed E-state index contributed by atoms with van der Waals surface area (Å²) in [5.41, 5.74) is 6.09. The van der Waals surface area contributed by atoms with Crippen molar-refractivity contribution in [3.05, 3.63) is 29.5 Å². The molecule has 0 saturated heterocycles. The Hall–Kier alpha value is -1.55. The number of hydrogen-bond donors (Lipinski definition) is 1. The van der Waals surface area contributed by atoms with Crippen LogP contribution in [0.3, 0.4) is 0 Å². The number of nitrogens with zero attached hydrogens (tertiary/aromatic N) is 2. The fraction of sp³-hybridized carbons (Fsp3) is 0. The van der Waals surface area contributed by atoms with Crippen molar-refractivity contribution in [1.29, 1.82) is 0 Å². The Bertz CT molecular complexity index is 427. The molecule has 2 N–H and O–H groups in total. The molecule has 0 saturated carbocycles. The van der Waals surface area contributed by atoms with Crippen LogP contribution in [-0.4, -0.2) is 10.1 Å². The van der Waals surface area contributed by atoms with Crippen LogP contribution in [-0.2, 0) is 0 Å². The SMILES string of the molecule is Nc1cc(-c2cccnc2Cl)on1. The second kappa shape index (κ2) is 3.06. The number of aromatic nitrogens is 2. The van der Waals surface area contributed by atoms with E-state index in [9.17, 15) is 0 Å². The number of rotatable bonds is 1. The van der Waals surface area contributed by atoms with E-state index in [0.29, 0.717) is 22.3 Å². The fourth-order valence-corrected chi connectivity index (χ4v) is 1.20. The first-order valence-electron chi connectivity index (χ1n) is 3.60. The van der Waals surface area contributed by atoms with Crippen LogP contribution in [0.4, 0.5) is 5.82 Å². The molecular formula is C8H6ClN3O. The van der Waals surface area contributed by atoms with E-state index in [2.05, 4.69) is 10.1 Å². The summed E-state index contributed by atoms with van der Waals surface area (Å²) in [5.74, 6) is 0.852. The highest BCUT2D eigenvalue weighted by Gasteiger charge is 2.08. The molecule has 2 heterocycles. The van der Waals surface area contributed by atoms with Gasteiger partial charge in [-0.1, -0.05) is 16.8 Å². The predicted octanol–water partition coefficient (Wildman–Crippen LogP) is 1.97. The van der Waals surface area contributed by atoms with Gasteiger partial charge in [-0.25, -0.2) is 4.98 Å². The zero-order chi connectivity index (χ0) is 9.26. The van der Waals surface area contributed by atoms with Gasteiger partial charge in [-0.2, -0.15) is 0 Å². The van der Waals surface area contributed by atoms with Crippen LogP contribution in [0, 0.1) is 0 Å². The third-order valence-corrected chi connectivity index (χ3v) is 1.85. The van der Waals surface area contributed by atoms with Gasteiger partial charge in [-0.05, 0) is 12.1 Å². The van der Waals surface area contributed by atoms with E-state index in [1.807, 2.05) is 0 Å². The molecule has 2 rings (SSSR count). The van der Waals surface area contributed by atoms with Gasteiger partial charge < -0.3 is 10.3 Å². The van der Waals surface area contributed by atoms with Gasteiger partial charge in [-0.3, -0.25) is 0 Å². The van der Waals surface area contributed by atoms with Gasteiger partial charge in [0.2, 0.25) is 0 Å². The van der Waals surface area contributed by atoms with E-state index in [4.69, 9.17) is 21.9 Å². The molecule has 4 nitrogen and oxygen atoms in total. The lowest BCUT2D eigenvalue weighted by Crippen LogP contribution is -1.81. The molecule has 0 aliphatic heterocycles. The van der Waals surface area contributed by atoms with Crippen LogP contribution in [0.25, 0.3) is 11.3 Å². The largest absolute Gasteiger partial charge is 0.381 e. The molecule has 0 aliphatic rings. The molecule has 0 spiro atoms. The predicted molar refractivity (Wildman–Crippen MR) is 49.2 cm³/mol. The highest BCUT2D eigenvalue weighted by molar-refractivity contribution is 6.31. The summed E-state index contributed by atoms with van der Waals surface area (Å²) in [7, 11) is 0. The molecule has 0 radical (unpaired) electrons. The van der Waals surface area contributed by atoms with E-state index in [1.54, 1.807) is 24.4 Å². The summed E-state index contributed by atoms with van der Waals surface area (Å²) < 4.78 is 4.93. The first-order valence-corrected chi connectivity index (χ1v) is 3.98. The van der Waals surface area contributed by atoms with Crippen LogP contribution in [0.1, 0.15) is 0 Å². The van der Waals surface area contributed by atoms with Gasteiger partial charge in [0.1, 0.15) is 5.15 Å². The molecule has 0 bridgehead atoms. The van der Waals surface area contributed by atoms with Crippen LogP contribution in [0.5, 0.6) is 0 Å². The van der Waals surface area contributed by atoms with Crippen molar-refractivity contribution in [1.82, 2.24) is 10.1 Å². The third kappa shape index (κ3) is 1.48. The van der Waals surface area contributed by atoms with Crippen LogP contribution in [0.15, 0.2) is 28.9 Å². The molecule has 0 unspecified atom stereocenters. The van der Waals surface area contributed by atoms with E-state index >= 15 is 0 Å². The van der Waals surface area contributed by atoms with E-state index in [1.165, 1.54) is 0 Å². The summed E-state index contributed by atoms with van der Waals surface area (Å²) >= 11 is 5.83. The number of anilines is 1. The first-order chi connectivity index (χ1) is 6.27. The maximum absolute atomic E-state index is 5.83. The van der Waals surface area contributed by atoms with Gasteiger partial charge in [0.25, 0.3) is 0 Å². The Kier molecular flexibility index (Phi) is 1.90. The summed E-state index contributed by atoms with van der Waals surface area (Å²) in [5, 5.41) is 3.92. The molecule has 0 aromatic carbocycles. The smallest absolute Gasteiger partial charge is 0.172 e. The molecule has 2 aromatic rings. The van der Waals surface area contributed by atoms with Crippen molar-refractivity contribution in [3.8, 4) is 11.3 Å². The maximum atomic E-state index is 5.83. The van der Waals surface area contributed by atoms with Crippen LogP contribution < -0.4 is 5.73 Å². The topological polar surface area (TPSA) is 64.9 Å². The zero-order valence-electron chi connectivity index (χ0n) is 6.57. The monoisotopic (exact) mass is 195 g/mol. The first kappa shape index (κ1) is 8.07. The van der Waals surface area contributed by atoms with E-state index in [0.717, 1.165) is 0 Å². The van der Waals surface area contributed by atoms with Crippen molar-refractivity contribution in [3.63, 3.8) is 0 Å². The number of nitrogen functional groups attached to an aromatic ring is 1. The Labute approximate surface area is 79.3 Å². The summed E-state index contributed by atoms with van der Waals surface area (Å²) in [6, 6.07) is 5.15. The molecular weight excluding hydrogens is 190 g/mol. The van der Waals surface area contributed by atoms with Crippen molar-refractivity contribution >= 4 is 17.4 Å². The van der Waals surface area contributed by atoms with Gasteiger partial charge in [0, 0.05) is 12.3 Å². The minimum atomic E-state index is 0.329.